The van der Waals surface area contributed by atoms with Crippen LogP contribution in [0.3, 0.4) is 0 Å². The highest BCUT2D eigenvalue weighted by atomic mass is 16.5. The minimum Gasteiger partial charge on any atom is -0.396 e. The Labute approximate surface area is 55.8 Å². The van der Waals surface area contributed by atoms with E-state index in [2.05, 4.69) is 0 Å². The first-order valence-electron chi connectivity index (χ1n) is 3.46. The van der Waals surface area contributed by atoms with Gasteiger partial charge in [-0.1, -0.05) is 0 Å². The molecule has 2 nitrogen and oxygen atoms in total. The van der Waals surface area contributed by atoms with Crippen molar-refractivity contribution in [3.05, 3.63) is 0 Å². The van der Waals surface area contributed by atoms with Crippen molar-refractivity contribution < 1.29 is 9.84 Å². The average Bonchev–Trinajstić information content (AvgIpc) is 1.77. The quantitative estimate of drug-likeness (QED) is 0.608. The average molecular weight is 130 g/mol. The second-order valence-corrected chi connectivity index (χ2v) is 2.84. The molecule has 9 heavy (non-hydrogen) atoms. The van der Waals surface area contributed by atoms with E-state index in [0.717, 1.165) is 25.4 Å². The summed E-state index contributed by atoms with van der Waals surface area (Å²) in [6, 6.07) is 0. The molecule has 1 rings (SSSR count). The lowest BCUT2D eigenvalue weighted by Gasteiger charge is -2.33. The molecule has 54 valence electrons. The maximum Gasteiger partial charge on any atom is 0.0490 e. The third-order valence-corrected chi connectivity index (χ3v) is 1.99. The van der Waals surface area contributed by atoms with E-state index in [1.807, 2.05) is 0 Å². The van der Waals surface area contributed by atoms with E-state index in [1.165, 1.54) is 0 Å². The van der Waals surface area contributed by atoms with Crippen molar-refractivity contribution in [2.45, 2.75) is 12.8 Å². The van der Waals surface area contributed by atoms with Gasteiger partial charge in [-0.15, -0.1) is 0 Å². The second kappa shape index (κ2) is 3.18. The van der Waals surface area contributed by atoms with E-state index in [4.69, 9.17) is 9.84 Å². The lowest BCUT2D eigenvalue weighted by Crippen LogP contribution is -2.29. The van der Waals surface area contributed by atoms with E-state index in [0.29, 0.717) is 12.5 Å². The van der Waals surface area contributed by atoms with Crippen LogP contribution in [0.5, 0.6) is 0 Å². The molecule has 0 aromatic rings. The molecule has 0 heterocycles. The Morgan fingerprint density at radius 3 is 2.56 bits per heavy atom. The molecule has 2 heteroatoms. The highest BCUT2D eigenvalue weighted by Gasteiger charge is 2.27. The van der Waals surface area contributed by atoms with E-state index < -0.39 is 0 Å². The number of aliphatic hydroxyl groups is 1. The summed E-state index contributed by atoms with van der Waals surface area (Å²) in [4.78, 5) is 0. The van der Waals surface area contributed by atoms with Gasteiger partial charge < -0.3 is 9.84 Å². The van der Waals surface area contributed by atoms with Gasteiger partial charge in [0.15, 0.2) is 0 Å². The molecule has 0 amide bonds. The summed E-state index contributed by atoms with van der Waals surface area (Å²) in [6.45, 7) is 1.23. The van der Waals surface area contributed by atoms with Crippen molar-refractivity contribution in [3.63, 3.8) is 0 Å². The Morgan fingerprint density at radius 1 is 1.44 bits per heavy atom. The van der Waals surface area contributed by atoms with E-state index in [9.17, 15) is 0 Å². The molecule has 0 aromatic carbocycles. The summed E-state index contributed by atoms with van der Waals surface area (Å²) in [6.07, 6.45) is 2.31. The Kier molecular flexibility index (Phi) is 2.49. The van der Waals surface area contributed by atoms with Gasteiger partial charge in [-0.05, 0) is 24.7 Å². The Morgan fingerprint density at radius 2 is 2.11 bits per heavy atom. The highest BCUT2D eigenvalue weighted by Crippen LogP contribution is 2.32. The van der Waals surface area contributed by atoms with Gasteiger partial charge in [0.1, 0.15) is 0 Å². The molecule has 1 saturated carbocycles. The summed E-state index contributed by atoms with van der Waals surface area (Å²) in [5.74, 6) is 1.30. The molecule has 0 bridgehead atoms. The van der Waals surface area contributed by atoms with E-state index >= 15 is 0 Å². The molecule has 0 unspecified atom stereocenters. The lowest BCUT2D eigenvalue weighted by atomic mass is 9.76. The zero-order valence-corrected chi connectivity index (χ0v) is 5.84. The molecule has 1 aliphatic carbocycles. The largest absolute Gasteiger partial charge is 0.396 e. The molecule has 0 aromatic heterocycles. The Bertz CT molecular complexity index is 77.0. The predicted molar refractivity (Wildman–Crippen MR) is 35.2 cm³/mol. The van der Waals surface area contributed by atoms with Crippen LogP contribution in [0, 0.1) is 11.8 Å². The van der Waals surface area contributed by atoms with Crippen molar-refractivity contribution >= 4 is 0 Å². The van der Waals surface area contributed by atoms with Crippen molar-refractivity contribution in [3.8, 4) is 0 Å². The van der Waals surface area contributed by atoms with Crippen LogP contribution in [-0.2, 0) is 4.74 Å². The van der Waals surface area contributed by atoms with Crippen molar-refractivity contribution in [1.82, 2.24) is 0 Å². The molecule has 1 N–H and O–H groups in total. The minimum atomic E-state index is 0.361. The number of hydrogen-bond donors (Lipinski definition) is 1. The predicted octanol–water partition coefficient (Wildman–Crippen LogP) is 0.651. The fraction of sp³-hybridized carbons (Fsp3) is 1.00. The first-order chi connectivity index (χ1) is 4.36. The standard InChI is InChI=1S/C7H14O2/c1-9-5-7-2-6(3-7)4-8/h6-8H,2-5H2,1H3. The Balaban J connectivity index is 1.98. The fourth-order valence-electron chi connectivity index (χ4n) is 1.39. The molecule has 0 spiro atoms. The van der Waals surface area contributed by atoms with E-state index in [-0.39, 0.29) is 0 Å². The van der Waals surface area contributed by atoms with Gasteiger partial charge in [0.05, 0.1) is 0 Å². The van der Waals surface area contributed by atoms with Crippen molar-refractivity contribution in [2.24, 2.45) is 11.8 Å². The molecule has 0 atom stereocenters. The fourth-order valence-corrected chi connectivity index (χ4v) is 1.39. The van der Waals surface area contributed by atoms with Crippen LogP contribution < -0.4 is 0 Å². The SMILES string of the molecule is COCC1CC(CO)C1. The third kappa shape index (κ3) is 1.66. The third-order valence-electron chi connectivity index (χ3n) is 1.99. The van der Waals surface area contributed by atoms with Gasteiger partial charge in [0.2, 0.25) is 0 Å². The van der Waals surface area contributed by atoms with Gasteiger partial charge >= 0.3 is 0 Å². The molecule has 0 saturated heterocycles. The van der Waals surface area contributed by atoms with Gasteiger partial charge in [0, 0.05) is 20.3 Å². The minimum absolute atomic E-state index is 0.361. The first-order valence-corrected chi connectivity index (χ1v) is 3.46. The van der Waals surface area contributed by atoms with E-state index in [1.54, 1.807) is 7.11 Å². The number of hydrogen-bond acceptors (Lipinski definition) is 2. The highest BCUT2D eigenvalue weighted by molar-refractivity contribution is 4.78. The van der Waals surface area contributed by atoms with Crippen LogP contribution in [0.25, 0.3) is 0 Å². The van der Waals surface area contributed by atoms with Gasteiger partial charge in [-0.2, -0.15) is 0 Å². The second-order valence-electron chi connectivity index (χ2n) is 2.84. The van der Waals surface area contributed by atoms with Gasteiger partial charge in [-0.25, -0.2) is 0 Å². The van der Waals surface area contributed by atoms with Crippen molar-refractivity contribution in [1.29, 1.82) is 0 Å². The Hall–Kier alpha value is -0.0800. The lowest BCUT2D eigenvalue weighted by molar-refractivity contribution is 0.0450. The van der Waals surface area contributed by atoms with Crippen LogP contribution in [-0.4, -0.2) is 25.4 Å². The summed E-state index contributed by atoms with van der Waals surface area (Å²) in [5, 5.41) is 8.63. The zero-order chi connectivity index (χ0) is 6.69. The van der Waals surface area contributed by atoms with Crippen LogP contribution >= 0.6 is 0 Å². The summed E-state index contributed by atoms with van der Waals surface area (Å²) in [7, 11) is 1.73. The molecule has 1 fully saturated rings. The van der Waals surface area contributed by atoms with Crippen LogP contribution in [0.15, 0.2) is 0 Å². The molecule has 0 aliphatic heterocycles. The number of aliphatic hydroxyl groups excluding tert-OH is 1. The number of ether oxygens (including phenoxy) is 1. The van der Waals surface area contributed by atoms with Crippen LogP contribution in [0.1, 0.15) is 12.8 Å². The van der Waals surface area contributed by atoms with Crippen molar-refractivity contribution in [2.75, 3.05) is 20.3 Å². The maximum absolute atomic E-state index is 8.63. The monoisotopic (exact) mass is 130 g/mol. The summed E-state index contributed by atoms with van der Waals surface area (Å²) in [5.41, 5.74) is 0. The van der Waals surface area contributed by atoms with Crippen LogP contribution in [0.4, 0.5) is 0 Å². The van der Waals surface area contributed by atoms with Gasteiger partial charge in [0.25, 0.3) is 0 Å². The number of rotatable bonds is 3. The molecule has 0 radical (unpaired) electrons. The molecular formula is C7H14O2. The normalized spacial score (nSPS) is 34.0. The van der Waals surface area contributed by atoms with Gasteiger partial charge in [-0.3, -0.25) is 0 Å². The summed E-state index contributed by atoms with van der Waals surface area (Å²) >= 11 is 0. The first kappa shape index (κ1) is 7.03. The van der Waals surface area contributed by atoms with Crippen LogP contribution in [0.2, 0.25) is 0 Å². The summed E-state index contributed by atoms with van der Waals surface area (Å²) < 4.78 is 4.96. The topological polar surface area (TPSA) is 29.5 Å². The molecular weight excluding hydrogens is 116 g/mol. The smallest absolute Gasteiger partial charge is 0.0490 e. The number of methoxy groups -OCH3 is 1. The maximum atomic E-state index is 8.63. The molecule has 1 aliphatic rings. The zero-order valence-electron chi connectivity index (χ0n) is 5.84.